The van der Waals surface area contributed by atoms with Crippen LogP contribution in [0.3, 0.4) is 0 Å². The molecule has 1 aromatic rings. The molecule has 6 nitrogen and oxygen atoms in total. The van der Waals surface area contributed by atoms with Gasteiger partial charge in [-0.2, -0.15) is 0 Å². The largest absolute Gasteiger partial charge is 0.493 e. The first-order valence-electron chi connectivity index (χ1n) is 10.9. The fourth-order valence-corrected chi connectivity index (χ4v) is 2.99. The van der Waals surface area contributed by atoms with Crippen molar-refractivity contribution < 1.29 is 28.8 Å². The first-order valence-corrected chi connectivity index (χ1v) is 10.9. The van der Waals surface area contributed by atoms with Crippen LogP contribution in [-0.2, 0) is 24.9 Å². The Labute approximate surface area is 193 Å². The summed E-state index contributed by atoms with van der Waals surface area (Å²) in [4.78, 5) is 23.9. The van der Waals surface area contributed by atoms with Crippen LogP contribution in [0.1, 0.15) is 73.3 Å². The third kappa shape index (κ3) is 7.58. The van der Waals surface area contributed by atoms with Crippen molar-refractivity contribution in [3.63, 3.8) is 0 Å². The van der Waals surface area contributed by atoms with Gasteiger partial charge in [0.2, 0.25) is 0 Å². The summed E-state index contributed by atoms with van der Waals surface area (Å²) < 4.78 is 16.7. The van der Waals surface area contributed by atoms with Gasteiger partial charge < -0.3 is 14.2 Å². The molecule has 0 spiro atoms. The van der Waals surface area contributed by atoms with Gasteiger partial charge in [-0.05, 0) is 59.1 Å². The number of hydrogen-bond acceptors (Lipinski definition) is 6. The Morgan fingerprint density at radius 1 is 1.00 bits per heavy atom. The molecule has 0 amide bonds. The van der Waals surface area contributed by atoms with Crippen molar-refractivity contribution in [2.45, 2.75) is 84.5 Å². The van der Waals surface area contributed by atoms with Crippen molar-refractivity contribution in [2.24, 2.45) is 0 Å². The molecule has 0 aliphatic rings. The molecular formula is C26H38O6. The molecule has 0 bridgehead atoms. The normalized spacial score (nSPS) is 13.4. The minimum absolute atomic E-state index is 0.283. The van der Waals surface area contributed by atoms with Gasteiger partial charge in [-0.1, -0.05) is 38.8 Å². The Morgan fingerprint density at radius 2 is 1.62 bits per heavy atom. The summed E-state index contributed by atoms with van der Waals surface area (Å²) in [6.07, 6.45) is 2.21. The second kappa shape index (κ2) is 11.4. The minimum atomic E-state index is -1.24. The van der Waals surface area contributed by atoms with Crippen molar-refractivity contribution in [3.05, 3.63) is 35.9 Å². The third-order valence-corrected chi connectivity index (χ3v) is 4.86. The Bertz CT molecular complexity index is 859. The van der Waals surface area contributed by atoms with Gasteiger partial charge in [-0.25, -0.2) is 14.6 Å². The van der Waals surface area contributed by atoms with E-state index in [2.05, 4.69) is 25.3 Å². The fourth-order valence-electron chi connectivity index (χ4n) is 2.99. The van der Waals surface area contributed by atoms with Crippen LogP contribution < -0.4 is 9.47 Å². The lowest BCUT2D eigenvalue weighted by Gasteiger charge is -2.30. The third-order valence-electron chi connectivity index (χ3n) is 4.86. The van der Waals surface area contributed by atoms with E-state index >= 15 is 0 Å². The number of ether oxygens (including phenoxy) is 3. The smallest absolute Gasteiger partial charge is 0.334 e. The number of rotatable bonds is 11. The van der Waals surface area contributed by atoms with E-state index in [1.807, 2.05) is 20.8 Å². The van der Waals surface area contributed by atoms with Crippen LogP contribution in [0.25, 0.3) is 0 Å². The van der Waals surface area contributed by atoms with Gasteiger partial charge in [0.1, 0.15) is 0 Å². The molecule has 32 heavy (non-hydrogen) atoms. The van der Waals surface area contributed by atoms with E-state index in [-0.39, 0.29) is 5.57 Å². The number of esters is 1. The molecule has 0 N–H and O–H groups in total. The lowest BCUT2D eigenvalue weighted by Crippen LogP contribution is -2.34. The molecule has 0 saturated carbocycles. The van der Waals surface area contributed by atoms with Gasteiger partial charge in [0, 0.05) is 17.6 Å². The molecule has 0 fully saturated rings. The van der Waals surface area contributed by atoms with Crippen LogP contribution in [0.2, 0.25) is 0 Å². The van der Waals surface area contributed by atoms with Crippen molar-refractivity contribution in [2.75, 3.05) is 14.2 Å². The number of carbonyl (C=O) groups excluding carboxylic acids is 1. The zero-order valence-electron chi connectivity index (χ0n) is 21.0. The Hall–Kier alpha value is -2.49. The Morgan fingerprint density at radius 3 is 2.12 bits per heavy atom. The van der Waals surface area contributed by atoms with Crippen LogP contribution in [0.5, 0.6) is 11.5 Å². The molecule has 0 aromatic heterocycles. The number of hydrogen-bond donors (Lipinski definition) is 0. The van der Waals surface area contributed by atoms with Gasteiger partial charge in [0.25, 0.3) is 0 Å². The van der Waals surface area contributed by atoms with Gasteiger partial charge in [0.05, 0.1) is 19.8 Å². The summed E-state index contributed by atoms with van der Waals surface area (Å²) in [7, 11) is 3.11. The molecule has 0 aliphatic carbocycles. The van der Waals surface area contributed by atoms with E-state index < -0.39 is 22.8 Å². The molecule has 0 saturated heterocycles. The summed E-state index contributed by atoms with van der Waals surface area (Å²) in [6.45, 7) is 16.8. The van der Waals surface area contributed by atoms with E-state index in [1.54, 1.807) is 53.2 Å². The average Bonchev–Trinajstić information content (AvgIpc) is 2.74. The molecule has 1 rings (SSSR count). The first kappa shape index (κ1) is 27.5. The molecule has 1 atom stereocenters. The number of methoxy groups -OCH3 is 2. The lowest BCUT2D eigenvalue weighted by molar-refractivity contribution is -0.389. The van der Waals surface area contributed by atoms with Crippen LogP contribution in [0, 0.1) is 11.8 Å². The Kier molecular flexibility index (Phi) is 9.81. The van der Waals surface area contributed by atoms with E-state index in [0.29, 0.717) is 23.5 Å². The van der Waals surface area contributed by atoms with Crippen LogP contribution >= 0.6 is 0 Å². The van der Waals surface area contributed by atoms with Crippen LogP contribution in [0.4, 0.5) is 0 Å². The zero-order chi connectivity index (χ0) is 24.6. The second-order valence-electron chi connectivity index (χ2n) is 8.86. The average molecular weight is 447 g/mol. The van der Waals surface area contributed by atoms with Gasteiger partial charge in [-0.15, -0.1) is 0 Å². The van der Waals surface area contributed by atoms with E-state index in [9.17, 15) is 4.79 Å². The zero-order valence-corrected chi connectivity index (χ0v) is 21.0. The van der Waals surface area contributed by atoms with Gasteiger partial charge >= 0.3 is 5.97 Å². The van der Waals surface area contributed by atoms with Crippen molar-refractivity contribution in [3.8, 4) is 23.3 Å². The summed E-state index contributed by atoms with van der Waals surface area (Å²) in [5, 5.41) is 0. The summed E-state index contributed by atoms with van der Waals surface area (Å²) in [6, 6.07) is 5.32. The highest BCUT2D eigenvalue weighted by molar-refractivity contribution is 5.87. The number of benzene rings is 1. The van der Waals surface area contributed by atoms with Gasteiger partial charge in [0.15, 0.2) is 22.7 Å². The van der Waals surface area contributed by atoms with Crippen LogP contribution in [0.15, 0.2) is 30.4 Å². The highest BCUT2D eigenvalue weighted by Gasteiger charge is 2.35. The van der Waals surface area contributed by atoms with E-state index in [0.717, 1.165) is 12.8 Å². The topological polar surface area (TPSA) is 63.2 Å². The van der Waals surface area contributed by atoms with E-state index in [1.165, 1.54) is 0 Å². The maximum absolute atomic E-state index is 12.5. The maximum atomic E-state index is 12.5. The van der Waals surface area contributed by atoms with Crippen LogP contribution in [-0.4, -0.2) is 31.4 Å². The summed E-state index contributed by atoms with van der Waals surface area (Å²) >= 11 is 0. The molecule has 0 radical (unpaired) electrons. The molecular weight excluding hydrogens is 408 g/mol. The summed E-state index contributed by atoms with van der Waals surface area (Å²) in [5.41, 5.74) is -1.69. The lowest BCUT2D eigenvalue weighted by atomic mass is 9.89. The molecule has 0 aliphatic heterocycles. The fraction of sp³-hybridized carbons (Fsp3) is 0.577. The van der Waals surface area contributed by atoms with E-state index in [4.69, 9.17) is 24.0 Å². The molecule has 6 heteroatoms. The monoisotopic (exact) mass is 446 g/mol. The molecule has 1 unspecified atom stereocenters. The predicted molar refractivity (Wildman–Crippen MR) is 125 cm³/mol. The molecule has 0 heterocycles. The number of carbonyl (C=O) groups is 1. The van der Waals surface area contributed by atoms with Crippen molar-refractivity contribution in [1.29, 1.82) is 0 Å². The van der Waals surface area contributed by atoms with Crippen molar-refractivity contribution >= 4 is 5.97 Å². The maximum Gasteiger partial charge on any atom is 0.334 e. The highest BCUT2D eigenvalue weighted by atomic mass is 17.2. The second-order valence-corrected chi connectivity index (χ2v) is 8.86. The quantitative estimate of drug-likeness (QED) is 0.142. The highest BCUT2D eigenvalue weighted by Crippen LogP contribution is 2.36. The molecule has 178 valence electrons. The minimum Gasteiger partial charge on any atom is -0.493 e. The van der Waals surface area contributed by atoms with Gasteiger partial charge in [-0.3, -0.25) is 0 Å². The predicted octanol–water partition coefficient (Wildman–Crippen LogP) is 5.74. The SMILES string of the molecule is C=C(C)C(=O)OC(C#CC(C)(C)OOC(C)(C)CCC)(CC)c1ccc(OC)c(OC)c1. The molecule has 1 aromatic carbocycles. The summed E-state index contributed by atoms with van der Waals surface area (Å²) in [5.74, 6) is 6.79. The standard InChI is InChI=1S/C26H38O6/c1-11-15-24(5,6)31-32-25(7,8)16-17-26(12-2,30-23(27)19(3)4)20-13-14-21(28-9)22(18-20)29-10/h13-14,18H,3,11-12,15H2,1-2,4-10H3. The first-order chi connectivity index (χ1) is 14.8. The Balaban J connectivity index is 3.43. The van der Waals surface area contributed by atoms with Crippen molar-refractivity contribution in [1.82, 2.24) is 0 Å².